The van der Waals surface area contributed by atoms with Crippen molar-refractivity contribution in [2.24, 2.45) is 5.73 Å². The van der Waals surface area contributed by atoms with Crippen LogP contribution in [0.1, 0.15) is 52.4 Å². The van der Waals surface area contributed by atoms with Gasteiger partial charge < -0.3 is 10.6 Å². The summed E-state index contributed by atoms with van der Waals surface area (Å²) < 4.78 is 0. The van der Waals surface area contributed by atoms with Crippen LogP contribution < -0.4 is 5.73 Å². The highest BCUT2D eigenvalue weighted by Crippen LogP contribution is 2.24. The van der Waals surface area contributed by atoms with Crippen LogP contribution in [0.3, 0.4) is 0 Å². The van der Waals surface area contributed by atoms with E-state index >= 15 is 0 Å². The maximum atomic E-state index is 8.94. The van der Waals surface area contributed by atoms with Crippen molar-refractivity contribution in [3.63, 3.8) is 0 Å². The Balaban J connectivity index is 2.46. The molecular weight excluding hydrogens is 198 g/mol. The van der Waals surface area contributed by atoms with Crippen LogP contribution in [0.2, 0.25) is 0 Å². The first-order chi connectivity index (χ1) is 7.46. The number of nitrogens with zero attached hydrogens (tertiary/aromatic N) is 2. The molecule has 3 nitrogen and oxygen atoms in total. The quantitative estimate of drug-likeness (QED) is 0.795. The molecule has 0 aromatic carbocycles. The second-order valence-corrected chi connectivity index (χ2v) is 5.54. The summed E-state index contributed by atoms with van der Waals surface area (Å²) in [6.45, 7) is 4.00. The largest absolute Gasteiger partial charge is 0.314 e. The fourth-order valence-electron chi connectivity index (χ4n) is 2.65. The summed E-state index contributed by atoms with van der Waals surface area (Å²) >= 11 is 0. The topological polar surface area (TPSA) is 53.1 Å². The molecular formula is C13H25N3. The van der Waals surface area contributed by atoms with Crippen molar-refractivity contribution in [2.75, 3.05) is 7.05 Å². The first kappa shape index (κ1) is 13.5. The van der Waals surface area contributed by atoms with Gasteiger partial charge in [-0.1, -0.05) is 19.3 Å². The maximum absolute atomic E-state index is 8.94. The highest BCUT2D eigenvalue weighted by atomic mass is 15.2. The SMILES string of the molecule is CC(CC(C)(N)C#N)N(C)C1CCCCC1. The lowest BCUT2D eigenvalue weighted by atomic mass is 9.91. The van der Waals surface area contributed by atoms with E-state index in [1.807, 2.05) is 6.92 Å². The van der Waals surface area contributed by atoms with E-state index in [0.717, 1.165) is 6.42 Å². The molecule has 0 amide bonds. The van der Waals surface area contributed by atoms with Crippen molar-refractivity contribution in [3.8, 4) is 6.07 Å². The van der Waals surface area contributed by atoms with Gasteiger partial charge in [0.2, 0.25) is 0 Å². The first-order valence-electron chi connectivity index (χ1n) is 6.38. The van der Waals surface area contributed by atoms with Gasteiger partial charge in [0.25, 0.3) is 0 Å². The normalized spacial score (nSPS) is 23.8. The second-order valence-electron chi connectivity index (χ2n) is 5.54. The Morgan fingerprint density at radius 1 is 1.44 bits per heavy atom. The molecule has 3 heteroatoms. The predicted molar refractivity (Wildman–Crippen MR) is 66.9 cm³/mol. The van der Waals surface area contributed by atoms with Gasteiger partial charge in [0, 0.05) is 12.1 Å². The number of hydrogen-bond donors (Lipinski definition) is 1. The molecule has 92 valence electrons. The molecule has 2 unspecified atom stereocenters. The molecule has 1 rings (SSSR count). The van der Waals surface area contributed by atoms with Gasteiger partial charge in [-0.15, -0.1) is 0 Å². The molecule has 0 heterocycles. The van der Waals surface area contributed by atoms with E-state index < -0.39 is 5.54 Å². The lowest BCUT2D eigenvalue weighted by Gasteiger charge is -2.37. The third-order valence-corrected chi connectivity index (χ3v) is 3.82. The molecule has 1 saturated carbocycles. The van der Waals surface area contributed by atoms with E-state index in [4.69, 9.17) is 11.0 Å². The minimum absolute atomic E-state index is 0.387. The molecule has 1 aliphatic rings. The van der Waals surface area contributed by atoms with Crippen LogP contribution in [0, 0.1) is 11.3 Å². The van der Waals surface area contributed by atoms with Crippen molar-refractivity contribution < 1.29 is 0 Å². The average Bonchev–Trinajstić information content (AvgIpc) is 2.28. The minimum atomic E-state index is -0.692. The van der Waals surface area contributed by atoms with Crippen LogP contribution >= 0.6 is 0 Å². The zero-order valence-corrected chi connectivity index (χ0v) is 10.9. The van der Waals surface area contributed by atoms with Gasteiger partial charge in [0.15, 0.2) is 0 Å². The Labute approximate surface area is 99.6 Å². The summed E-state index contributed by atoms with van der Waals surface area (Å²) in [4.78, 5) is 2.42. The van der Waals surface area contributed by atoms with Gasteiger partial charge in [0.05, 0.1) is 6.07 Å². The Morgan fingerprint density at radius 3 is 2.50 bits per heavy atom. The Hall–Kier alpha value is -0.590. The molecule has 0 aromatic rings. The van der Waals surface area contributed by atoms with Crippen LogP contribution in [0.25, 0.3) is 0 Å². The molecule has 1 fully saturated rings. The van der Waals surface area contributed by atoms with Gasteiger partial charge in [0.1, 0.15) is 5.54 Å². The van der Waals surface area contributed by atoms with Crippen molar-refractivity contribution >= 4 is 0 Å². The van der Waals surface area contributed by atoms with E-state index in [1.54, 1.807) is 0 Å². The summed E-state index contributed by atoms with van der Waals surface area (Å²) in [5.74, 6) is 0. The number of nitrogens with two attached hydrogens (primary N) is 1. The van der Waals surface area contributed by atoms with Crippen LogP contribution in [0.15, 0.2) is 0 Å². The number of hydrogen-bond acceptors (Lipinski definition) is 3. The Kier molecular flexibility index (Phi) is 4.76. The molecule has 0 saturated heterocycles. The first-order valence-corrected chi connectivity index (χ1v) is 6.38. The van der Waals surface area contributed by atoms with Crippen molar-refractivity contribution in [3.05, 3.63) is 0 Å². The summed E-state index contributed by atoms with van der Waals surface area (Å²) in [7, 11) is 2.17. The van der Waals surface area contributed by atoms with Gasteiger partial charge in [-0.3, -0.25) is 0 Å². The molecule has 2 N–H and O–H groups in total. The van der Waals surface area contributed by atoms with Crippen LogP contribution in [-0.4, -0.2) is 29.6 Å². The molecule has 0 radical (unpaired) electrons. The zero-order chi connectivity index (χ0) is 12.2. The third-order valence-electron chi connectivity index (χ3n) is 3.82. The third kappa shape index (κ3) is 3.77. The van der Waals surface area contributed by atoms with E-state index in [-0.39, 0.29) is 0 Å². The van der Waals surface area contributed by atoms with E-state index in [9.17, 15) is 0 Å². The molecule has 16 heavy (non-hydrogen) atoms. The van der Waals surface area contributed by atoms with Crippen LogP contribution in [0.5, 0.6) is 0 Å². The fraction of sp³-hybridized carbons (Fsp3) is 0.923. The summed E-state index contributed by atoms with van der Waals surface area (Å²) in [5, 5.41) is 8.94. The van der Waals surface area contributed by atoms with Crippen molar-refractivity contribution in [1.29, 1.82) is 5.26 Å². The molecule has 0 spiro atoms. The smallest absolute Gasteiger partial charge is 0.102 e. The van der Waals surface area contributed by atoms with Crippen molar-refractivity contribution in [1.82, 2.24) is 4.90 Å². The highest BCUT2D eigenvalue weighted by Gasteiger charge is 2.27. The van der Waals surface area contributed by atoms with Crippen LogP contribution in [0.4, 0.5) is 0 Å². The fourth-order valence-corrected chi connectivity index (χ4v) is 2.65. The van der Waals surface area contributed by atoms with E-state index in [1.165, 1.54) is 32.1 Å². The minimum Gasteiger partial charge on any atom is -0.314 e. The van der Waals surface area contributed by atoms with E-state index in [0.29, 0.717) is 12.1 Å². The van der Waals surface area contributed by atoms with E-state index in [2.05, 4.69) is 24.9 Å². The number of nitriles is 1. The summed E-state index contributed by atoms with van der Waals surface area (Å²) in [5.41, 5.74) is 5.20. The van der Waals surface area contributed by atoms with Crippen LogP contribution in [-0.2, 0) is 0 Å². The monoisotopic (exact) mass is 223 g/mol. The average molecular weight is 223 g/mol. The maximum Gasteiger partial charge on any atom is 0.102 e. The lowest BCUT2D eigenvalue weighted by Crippen LogP contribution is -2.46. The summed E-state index contributed by atoms with van der Waals surface area (Å²) in [6, 6.07) is 3.26. The Bertz CT molecular complexity index is 248. The van der Waals surface area contributed by atoms with Gasteiger partial charge in [-0.2, -0.15) is 5.26 Å². The second kappa shape index (κ2) is 5.65. The molecule has 0 aromatic heterocycles. The predicted octanol–water partition coefficient (Wildman–Crippen LogP) is 2.27. The highest BCUT2D eigenvalue weighted by molar-refractivity contribution is 5.02. The molecule has 1 aliphatic carbocycles. The standard InChI is InChI=1S/C13H25N3/c1-11(9-13(2,15)10-14)16(3)12-7-5-4-6-8-12/h11-12H,4-9,15H2,1-3H3. The van der Waals surface area contributed by atoms with Crippen molar-refractivity contribution in [2.45, 2.75) is 70.0 Å². The Morgan fingerprint density at radius 2 is 2.00 bits per heavy atom. The summed E-state index contributed by atoms with van der Waals surface area (Å²) in [6.07, 6.45) is 7.42. The molecule has 2 atom stereocenters. The zero-order valence-electron chi connectivity index (χ0n) is 10.9. The van der Waals surface area contributed by atoms with Gasteiger partial charge in [-0.05, 0) is 40.2 Å². The molecule has 0 bridgehead atoms. The molecule has 0 aliphatic heterocycles. The lowest BCUT2D eigenvalue weighted by molar-refractivity contribution is 0.131. The number of rotatable bonds is 4. The van der Waals surface area contributed by atoms with Gasteiger partial charge >= 0.3 is 0 Å². The van der Waals surface area contributed by atoms with Gasteiger partial charge in [-0.25, -0.2) is 0 Å².